The Morgan fingerprint density at radius 3 is 2.92 bits per heavy atom. The quantitative estimate of drug-likeness (QED) is 0.716. The van der Waals surface area contributed by atoms with E-state index in [4.69, 9.17) is 5.11 Å². The van der Waals surface area contributed by atoms with E-state index in [2.05, 4.69) is 9.47 Å². The first kappa shape index (κ1) is 7.85. The van der Waals surface area contributed by atoms with Crippen LogP contribution in [0.4, 0.5) is 4.39 Å². The monoisotopic (exact) mass is 184 g/mol. The lowest BCUT2D eigenvalue weighted by Crippen LogP contribution is -2.10. The fraction of sp³-hybridized carbons (Fsp3) is 0.125. The molecule has 1 heterocycles. The SMILES string of the molecule is O=C(O)c1cccc2c1OC(F)O2. The van der Waals surface area contributed by atoms with Crippen LogP contribution in [0.5, 0.6) is 11.5 Å². The Balaban J connectivity index is 2.51. The fourth-order valence-electron chi connectivity index (χ4n) is 1.12. The third kappa shape index (κ3) is 1.18. The van der Waals surface area contributed by atoms with Gasteiger partial charge in [0.1, 0.15) is 5.56 Å². The van der Waals surface area contributed by atoms with E-state index in [1.807, 2.05) is 0 Å². The van der Waals surface area contributed by atoms with Crippen molar-refractivity contribution in [2.24, 2.45) is 0 Å². The highest BCUT2D eigenvalue weighted by Crippen LogP contribution is 2.37. The number of carboxylic acids is 1. The van der Waals surface area contributed by atoms with Gasteiger partial charge in [-0.2, -0.15) is 4.39 Å². The summed E-state index contributed by atoms with van der Waals surface area (Å²) in [6.07, 6.45) is 0. The molecule has 0 amide bonds. The standard InChI is InChI=1S/C8H5FO4/c9-8-12-5-3-1-2-4(7(10)11)6(5)13-8/h1-3,8H,(H,10,11). The second-order valence-electron chi connectivity index (χ2n) is 2.45. The lowest BCUT2D eigenvalue weighted by Gasteiger charge is -1.99. The van der Waals surface area contributed by atoms with E-state index in [0.29, 0.717) is 0 Å². The van der Waals surface area contributed by atoms with Gasteiger partial charge in [0.15, 0.2) is 11.5 Å². The Morgan fingerprint density at radius 2 is 2.23 bits per heavy atom. The number of carbonyl (C=O) groups is 1. The molecule has 1 aliphatic rings. The van der Waals surface area contributed by atoms with Crippen LogP contribution in [0.3, 0.4) is 0 Å². The Kier molecular flexibility index (Phi) is 1.58. The molecule has 0 spiro atoms. The Bertz CT molecular complexity index is 363. The molecule has 4 nitrogen and oxygen atoms in total. The minimum absolute atomic E-state index is 0.0532. The number of ether oxygens (including phenoxy) is 2. The van der Waals surface area contributed by atoms with Crippen molar-refractivity contribution in [2.45, 2.75) is 6.54 Å². The molecule has 0 saturated carbocycles. The number of hydrogen-bond donors (Lipinski definition) is 1. The molecule has 13 heavy (non-hydrogen) atoms. The first-order valence-corrected chi connectivity index (χ1v) is 3.52. The van der Waals surface area contributed by atoms with Gasteiger partial charge >= 0.3 is 12.5 Å². The van der Waals surface area contributed by atoms with Crippen LogP contribution in [-0.2, 0) is 0 Å². The van der Waals surface area contributed by atoms with Gasteiger partial charge in [-0.3, -0.25) is 0 Å². The van der Waals surface area contributed by atoms with Crippen LogP contribution < -0.4 is 9.47 Å². The fourth-order valence-corrected chi connectivity index (χ4v) is 1.12. The minimum Gasteiger partial charge on any atom is -0.478 e. The van der Waals surface area contributed by atoms with Gasteiger partial charge in [0.2, 0.25) is 0 Å². The molecule has 0 aromatic heterocycles. The maximum Gasteiger partial charge on any atom is 0.397 e. The average molecular weight is 184 g/mol. The number of fused-ring (bicyclic) bond motifs is 1. The summed E-state index contributed by atoms with van der Waals surface area (Å²) in [5, 5.41) is 8.68. The largest absolute Gasteiger partial charge is 0.478 e. The van der Waals surface area contributed by atoms with Crippen molar-refractivity contribution in [3.8, 4) is 11.5 Å². The van der Waals surface area contributed by atoms with Crippen molar-refractivity contribution in [1.29, 1.82) is 0 Å². The number of halogens is 1. The van der Waals surface area contributed by atoms with Crippen LogP contribution in [0.2, 0.25) is 0 Å². The van der Waals surface area contributed by atoms with Gasteiger partial charge in [-0.05, 0) is 12.1 Å². The Morgan fingerprint density at radius 1 is 1.46 bits per heavy atom. The summed E-state index contributed by atoms with van der Waals surface area (Å²) in [4.78, 5) is 10.6. The van der Waals surface area contributed by atoms with Gasteiger partial charge in [-0.25, -0.2) is 4.79 Å². The van der Waals surface area contributed by atoms with E-state index in [9.17, 15) is 9.18 Å². The molecular weight excluding hydrogens is 179 g/mol. The predicted molar refractivity (Wildman–Crippen MR) is 39.6 cm³/mol. The summed E-state index contributed by atoms with van der Waals surface area (Å²) in [5.74, 6) is -1.11. The van der Waals surface area contributed by atoms with E-state index >= 15 is 0 Å². The molecule has 5 heteroatoms. The second-order valence-corrected chi connectivity index (χ2v) is 2.45. The maximum atomic E-state index is 12.5. The summed E-state index contributed by atoms with van der Waals surface area (Å²) in [7, 11) is 0. The predicted octanol–water partition coefficient (Wildman–Crippen LogP) is 1.41. The van der Waals surface area contributed by atoms with E-state index in [1.54, 1.807) is 0 Å². The van der Waals surface area contributed by atoms with Crippen LogP contribution in [-0.4, -0.2) is 17.6 Å². The highest BCUT2D eigenvalue weighted by Gasteiger charge is 2.28. The van der Waals surface area contributed by atoms with E-state index in [0.717, 1.165) is 0 Å². The molecule has 1 N–H and O–H groups in total. The van der Waals surface area contributed by atoms with E-state index in [1.165, 1.54) is 18.2 Å². The highest BCUT2D eigenvalue weighted by atomic mass is 19.2. The Hall–Kier alpha value is -1.78. The van der Waals surface area contributed by atoms with E-state index in [-0.39, 0.29) is 17.1 Å². The number of carboxylic acid groups (broad SMARTS) is 1. The maximum absolute atomic E-state index is 12.5. The summed E-state index contributed by atoms with van der Waals surface area (Å²) in [6.45, 7) is -1.91. The number of rotatable bonds is 1. The van der Waals surface area contributed by atoms with Crippen LogP contribution in [0.1, 0.15) is 10.4 Å². The molecule has 1 aromatic rings. The van der Waals surface area contributed by atoms with Crippen molar-refractivity contribution in [2.75, 3.05) is 0 Å². The zero-order chi connectivity index (χ0) is 9.42. The van der Waals surface area contributed by atoms with Crippen LogP contribution in [0, 0.1) is 0 Å². The van der Waals surface area contributed by atoms with Gasteiger partial charge in [0.25, 0.3) is 0 Å². The molecule has 1 aromatic carbocycles. The molecule has 1 atom stereocenters. The van der Waals surface area contributed by atoms with Crippen molar-refractivity contribution >= 4 is 5.97 Å². The van der Waals surface area contributed by atoms with Crippen LogP contribution in [0.25, 0.3) is 0 Å². The third-order valence-corrected chi connectivity index (χ3v) is 1.64. The molecule has 0 bridgehead atoms. The Labute approximate surface area is 72.5 Å². The zero-order valence-corrected chi connectivity index (χ0v) is 6.36. The molecule has 0 fully saturated rings. The minimum atomic E-state index is -1.91. The summed E-state index contributed by atoms with van der Waals surface area (Å²) >= 11 is 0. The number of aromatic carboxylic acids is 1. The molecule has 0 aliphatic carbocycles. The summed E-state index contributed by atoms with van der Waals surface area (Å²) in [5.41, 5.74) is -0.0994. The number of alkyl halides is 1. The first-order valence-electron chi connectivity index (χ1n) is 3.52. The molecule has 1 unspecified atom stereocenters. The van der Waals surface area contributed by atoms with Gasteiger partial charge in [0, 0.05) is 0 Å². The average Bonchev–Trinajstić information content (AvgIpc) is 2.43. The lowest BCUT2D eigenvalue weighted by molar-refractivity contribution is -0.0654. The topological polar surface area (TPSA) is 55.8 Å². The van der Waals surface area contributed by atoms with Gasteiger partial charge in [-0.15, -0.1) is 0 Å². The summed E-state index contributed by atoms with van der Waals surface area (Å²) < 4.78 is 21.6. The van der Waals surface area contributed by atoms with E-state index < -0.39 is 12.5 Å². The summed E-state index contributed by atoms with van der Waals surface area (Å²) in [6, 6.07) is 4.23. The number of benzene rings is 1. The third-order valence-electron chi connectivity index (χ3n) is 1.64. The van der Waals surface area contributed by atoms with Gasteiger partial charge in [-0.1, -0.05) is 6.07 Å². The number of para-hydroxylation sites is 1. The van der Waals surface area contributed by atoms with Crippen LogP contribution in [0.15, 0.2) is 18.2 Å². The molecule has 2 rings (SSSR count). The highest BCUT2D eigenvalue weighted by molar-refractivity contribution is 5.92. The van der Waals surface area contributed by atoms with Crippen molar-refractivity contribution in [3.05, 3.63) is 23.8 Å². The molecule has 0 radical (unpaired) electrons. The van der Waals surface area contributed by atoms with Gasteiger partial charge < -0.3 is 14.6 Å². The molecule has 1 aliphatic heterocycles. The van der Waals surface area contributed by atoms with Crippen molar-refractivity contribution < 1.29 is 23.8 Å². The molecule has 68 valence electrons. The van der Waals surface area contributed by atoms with Crippen molar-refractivity contribution in [1.82, 2.24) is 0 Å². The van der Waals surface area contributed by atoms with Crippen LogP contribution >= 0.6 is 0 Å². The zero-order valence-electron chi connectivity index (χ0n) is 6.36. The smallest absolute Gasteiger partial charge is 0.397 e. The normalized spacial score (nSPS) is 18.7. The first-order chi connectivity index (χ1) is 6.18. The lowest BCUT2D eigenvalue weighted by atomic mass is 10.2. The molecular formula is C8H5FO4. The van der Waals surface area contributed by atoms with Crippen molar-refractivity contribution in [3.63, 3.8) is 0 Å². The van der Waals surface area contributed by atoms with Gasteiger partial charge in [0.05, 0.1) is 0 Å². The molecule has 0 saturated heterocycles. The second kappa shape index (κ2) is 2.62. The number of hydrogen-bond acceptors (Lipinski definition) is 3.